The van der Waals surface area contributed by atoms with Crippen molar-refractivity contribution in [2.45, 2.75) is 5.21 Å². The maximum absolute atomic E-state index is 12.8. The molecule has 2 aromatic carbocycles. The minimum absolute atomic E-state index is 0.0979. The molecular formula is C27H23AsClN6O3. The number of aliphatic hydroxyl groups is 1. The molecule has 0 saturated heterocycles. The van der Waals surface area contributed by atoms with Gasteiger partial charge in [-0.25, -0.2) is 0 Å². The first-order valence-electron chi connectivity index (χ1n) is 11.7. The summed E-state index contributed by atoms with van der Waals surface area (Å²) in [7, 11) is 0. The monoisotopic (exact) mass is 589 g/mol. The van der Waals surface area contributed by atoms with Crippen LogP contribution in [-0.2, 0) is 5.21 Å². The standard InChI is InChI=1S/C27H23AsClN6O3/c29-20-4-5-24(38-13-12-36)22(15-20)34-27(37)32-21-3-1-2-19(14-21)23-17-35-11-10-31-26(35)25(33-23)28-16-18-6-8-30-9-7-18/h1-11,14-15,17,36H,12-13,16H2,(H2,32,34,37). The van der Waals surface area contributed by atoms with Gasteiger partial charge in [0.2, 0.25) is 0 Å². The van der Waals surface area contributed by atoms with Crippen LogP contribution in [0.5, 0.6) is 5.75 Å². The Kier molecular flexibility index (Phi) is 8.18. The van der Waals surface area contributed by atoms with Crippen molar-refractivity contribution in [1.82, 2.24) is 19.4 Å². The van der Waals surface area contributed by atoms with E-state index in [-0.39, 0.29) is 29.0 Å². The Bertz CT molecular complexity index is 1560. The van der Waals surface area contributed by atoms with Crippen LogP contribution in [0.15, 0.2) is 85.6 Å². The Balaban J connectivity index is 1.34. The number of fused-ring (bicyclic) bond motifs is 1. The Morgan fingerprint density at radius 2 is 1.95 bits per heavy atom. The summed E-state index contributed by atoms with van der Waals surface area (Å²) in [6, 6.07) is 16.0. The van der Waals surface area contributed by atoms with Crippen LogP contribution in [0.25, 0.3) is 16.9 Å². The summed E-state index contributed by atoms with van der Waals surface area (Å²) in [4.78, 5) is 26.3. The number of urea groups is 1. The number of aromatic nitrogens is 4. The Labute approximate surface area is 230 Å². The number of carbonyl (C=O) groups excluding carboxylic acids is 1. The first-order valence-corrected chi connectivity index (χ1v) is 14.3. The van der Waals surface area contributed by atoms with Gasteiger partial charge in [-0.15, -0.1) is 0 Å². The van der Waals surface area contributed by atoms with Crippen LogP contribution < -0.4 is 19.9 Å². The van der Waals surface area contributed by atoms with Crippen LogP contribution in [0, 0.1) is 0 Å². The number of pyridine rings is 1. The van der Waals surface area contributed by atoms with Gasteiger partial charge < -0.3 is 5.11 Å². The van der Waals surface area contributed by atoms with Crippen molar-refractivity contribution >= 4 is 54.9 Å². The van der Waals surface area contributed by atoms with E-state index in [4.69, 9.17) is 26.4 Å². The molecule has 3 aromatic heterocycles. The first kappa shape index (κ1) is 25.7. The van der Waals surface area contributed by atoms with Gasteiger partial charge in [-0.3, -0.25) is 0 Å². The van der Waals surface area contributed by atoms with Crippen molar-refractivity contribution < 1.29 is 14.6 Å². The van der Waals surface area contributed by atoms with Gasteiger partial charge in [0.15, 0.2) is 0 Å². The van der Waals surface area contributed by atoms with E-state index in [1.165, 1.54) is 5.56 Å². The van der Waals surface area contributed by atoms with E-state index in [1.54, 1.807) is 42.9 Å². The smallest absolute Gasteiger partial charge is 0.393 e. The number of nitrogens with one attached hydrogen (secondary N) is 2. The van der Waals surface area contributed by atoms with E-state index in [0.29, 0.717) is 22.1 Å². The van der Waals surface area contributed by atoms with Crippen molar-refractivity contribution in [2.75, 3.05) is 23.8 Å². The number of ether oxygens (including phenoxy) is 1. The molecule has 38 heavy (non-hydrogen) atoms. The minimum Gasteiger partial charge on any atom is -0.393 e. The zero-order valence-corrected chi connectivity index (χ0v) is 22.7. The van der Waals surface area contributed by atoms with Crippen LogP contribution in [0.3, 0.4) is 0 Å². The Hall–Kier alpha value is -3.91. The zero-order chi connectivity index (χ0) is 26.3. The molecule has 0 unspecified atom stereocenters. The van der Waals surface area contributed by atoms with Gasteiger partial charge in [-0.2, -0.15) is 0 Å². The number of carbonyl (C=O) groups is 1. The fourth-order valence-corrected chi connectivity index (χ4v) is 6.08. The summed E-state index contributed by atoms with van der Waals surface area (Å²) in [6.07, 6.45) is 9.23. The van der Waals surface area contributed by atoms with E-state index in [1.807, 2.05) is 47.1 Å². The fraction of sp³-hybridized carbons (Fsp3) is 0.111. The number of benzene rings is 2. The molecule has 9 nitrogen and oxygen atoms in total. The normalized spacial score (nSPS) is 11.2. The number of imidazole rings is 1. The summed E-state index contributed by atoms with van der Waals surface area (Å²) in [5.74, 6) is 0.410. The molecule has 5 aromatic rings. The van der Waals surface area contributed by atoms with Gasteiger partial charge >= 0.3 is 195 Å². The number of anilines is 2. The molecule has 0 spiro atoms. The van der Waals surface area contributed by atoms with Crippen molar-refractivity contribution in [2.24, 2.45) is 0 Å². The quantitative estimate of drug-likeness (QED) is 0.224. The molecule has 0 atom stereocenters. The number of aliphatic hydroxyl groups excluding tert-OH is 1. The number of hydrogen-bond acceptors (Lipinski definition) is 6. The van der Waals surface area contributed by atoms with Gasteiger partial charge in [0.1, 0.15) is 6.61 Å². The molecule has 0 saturated carbocycles. The Morgan fingerprint density at radius 1 is 1.08 bits per heavy atom. The molecule has 11 heteroatoms. The first-order chi connectivity index (χ1) is 18.6. The van der Waals surface area contributed by atoms with E-state index in [0.717, 1.165) is 26.6 Å². The average Bonchev–Trinajstić information content (AvgIpc) is 3.41. The van der Waals surface area contributed by atoms with Crippen LogP contribution in [0.4, 0.5) is 16.2 Å². The SMILES string of the molecule is O=C(Nc1cccc(-c2cn3ccnc3c([As]Cc3ccncc3)n2)c1)Nc1cc(Cl)ccc1OCCO. The number of halogens is 1. The van der Waals surface area contributed by atoms with Crippen LogP contribution >= 0.6 is 11.6 Å². The third kappa shape index (κ3) is 6.31. The van der Waals surface area contributed by atoms with Gasteiger partial charge in [0, 0.05) is 0 Å². The summed E-state index contributed by atoms with van der Waals surface area (Å²) >= 11 is 5.83. The summed E-state index contributed by atoms with van der Waals surface area (Å²) in [5.41, 5.74) is 4.72. The average molecular weight is 590 g/mol. The second-order valence-corrected chi connectivity index (χ2v) is 10.8. The molecule has 0 aliphatic rings. The summed E-state index contributed by atoms with van der Waals surface area (Å²) in [6.45, 7) is -0.0478. The predicted molar refractivity (Wildman–Crippen MR) is 148 cm³/mol. The van der Waals surface area contributed by atoms with Gasteiger partial charge in [0.05, 0.1) is 6.61 Å². The van der Waals surface area contributed by atoms with E-state index < -0.39 is 6.03 Å². The topological polar surface area (TPSA) is 114 Å². The molecule has 2 amide bonds. The number of amides is 2. The molecule has 0 fully saturated rings. The number of nitrogens with zero attached hydrogens (tertiary/aromatic N) is 4. The summed E-state index contributed by atoms with van der Waals surface area (Å²) < 4.78 is 8.45. The molecule has 1 radical (unpaired) electrons. The van der Waals surface area contributed by atoms with Crippen molar-refractivity contribution in [3.05, 3.63) is 96.2 Å². The third-order valence-electron chi connectivity index (χ3n) is 5.47. The second-order valence-electron chi connectivity index (χ2n) is 8.15. The molecule has 3 heterocycles. The van der Waals surface area contributed by atoms with E-state index >= 15 is 0 Å². The van der Waals surface area contributed by atoms with E-state index in [9.17, 15) is 4.79 Å². The molecular weight excluding hydrogens is 567 g/mol. The van der Waals surface area contributed by atoms with Crippen molar-refractivity contribution in [3.8, 4) is 17.0 Å². The zero-order valence-electron chi connectivity index (χ0n) is 20.1. The molecule has 0 bridgehead atoms. The maximum atomic E-state index is 12.8. The van der Waals surface area contributed by atoms with Gasteiger partial charge in [-0.1, -0.05) is 11.6 Å². The summed E-state index contributed by atoms with van der Waals surface area (Å²) in [5, 5.41) is 16.0. The predicted octanol–water partition coefficient (Wildman–Crippen LogP) is 3.99. The van der Waals surface area contributed by atoms with Crippen molar-refractivity contribution in [1.29, 1.82) is 0 Å². The number of hydrogen-bond donors (Lipinski definition) is 3. The second kappa shape index (κ2) is 12.1. The molecule has 3 N–H and O–H groups in total. The van der Waals surface area contributed by atoms with Gasteiger partial charge in [-0.05, 0) is 6.07 Å². The third-order valence-corrected chi connectivity index (χ3v) is 8.06. The van der Waals surface area contributed by atoms with Gasteiger partial charge in [0.25, 0.3) is 0 Å². The van der Waals surface area contributed by atoms with Crippen LogP contribution in [0.2, 0.25) is 5.02 Å². The fourth-order valence-electron chi connectivity index (χ4n) is 3.74. The molecule has 5 rings (SSSR count). The Morgan fingerprint density at radius 3 is 2.79 bits per heavy atom. The molecule has 191 valence electrons. The number of rotatable bonds is 9. The van der Waals surface area contributed by atoms with Crippen molar-refractivity contribution in [3.63, 3.8) is 0 Å². The molecule has 0 aliphatic carbocycles. The van der Waals surface area contributed by atoms with Crippen LogP contribution in [-0.4, -0.2) is 59.5 Å². The minimum atomic E-state index is -0.459. The van der Waals surface area contributed by atoms with Crippen LogP contribution in [0.1, 0.15) is 5.56 Å². The molecule has 0 aliphatic heterocycles. The van der Waals surface area contributed by atoms with E-state index in [2.05, 4.69) is 20.6 Å².